The van der Waals surface area contributed by atoms with Crippen LogP contribution in [0.3, 0.4) is 0 Å². The highest BCUT2D eigenvalue weighted by molar-refractivity contribution is 6.33. The van der Waals surface area contributed by atoms with E-state index in [2.05, 4.69) is 10.3 Å². The zero-order valence-electron chi connectivity index (χ0n) is 13.2. The zero-order valence-corrected chi connectivity index (χ0v) is 14.7. The van der Waals surface area contributed by atoms with Crippen molar-refractivity contribution in [1.29, 1.82) is 0 Å². The van der Waals surface area contributed by atoms with E-state index in [1.807, 2.05) is 31.9 Å². The van der Waals surface area contributed by atoms with Gasteiger partial charge in [0.25, 0.3) is 0 Å². The molecule has 0 aliphatic carbocycles. The number of hydrogen-bond donors (Lipinski definition) is 1. The summed E-state index contributed by atoms with van der Waals surface area (Å²) < 4.78 is 13.9. The van der Waals surface area contributed by atoms with Crippen LogP contribution in [-0.4, -0.2) is 24.8 Å². The number of rotatable bonds is 5. The minimum atomic E-state index is -0.417. The average molecular weight is 354 g/mol. The maximum atomic E-state index is 13.9. The van der Waals surface area contributed by atoms with Crippen molar-refractivity contribution in [2.75, 3.05) is 18.9 Å². The van der Waals surface area contributed by atoms with E-state index in [9.17, 15) is 4.39 Å². The van der Waals surface area contributed by atoms with Crippen LogP contribution in [0.4, 0.5) is 21.5 Å². The number of nitrogens with one attached hydrogen (secondary N) is 1. The van der Waals surface area contributed by atoms with E-state index in [4.69, 9.17) is 23.2 Å². The maximum Gasteiger partial charge on any atom is 0.148 e. The molecule has 0 saturated heterocycles. The molecule has 2 aromatic rings. The molecule has 0 spiro atoms. The van der Waals surface area contributed by atoms with Gasteiger partial charge in [-0.15, -0.1) is 0 Å². The Balaban J connectivity index is 2.27. The summed E-state index contributed by atoms with van der Waals surface area (Å²) in [5, 5.41) is 3.88. The summed E-state index contributed by atoms with van der Waals surface area (Å²) in [6.45, 7) is 4.80. The number of aliphatic imine (C=N–C) groups is 1. The fraction of sp³-hybridized carbons (Fsp3) is 0.235. The van der Waals surface area contributed by atoms with E-state index >= 15 is 0 Å². The zero-order chi connectivity index (χ0) is 17.0. The van der Waals surface area contributed by atoms with Crippen LogP contribution in [0.2, 0.25) is 10.0 Å². The van der Waals surface area contributed by atoms with Gasteiger partial charge >= 0.3 is 0 Å². The van der Waals surface area contributed by atoms with Gasteiger partial charge in [-0.2, -0.15) is 0 Å². The van der Waals surface area contributed by atoms with Gasteiger partial charge in [-0.3, -0.25) is 0 Å². The van der Waals surface area contributed by atoms with Gasteiger partial charge in [0.2, 0.25) is 0 Å². The number of halogens is 3. The topological polar surface area (TPSA) is 27.6 Å². The van der Waals surface area contributed by atoms with Gasteiger partial charge in [-0.25, -0.2) is 9.38 Å². The Kier molecular flexibility index (Phi) is 5.85. The Labute approximate surface area is 145 Å². The summed E-state index contributed by atoms with van der Waals surface area (Å²) in [5.74, 6) is -0.417. The van der Waals surface area contributed by atoms with Crippen molar-refractivity contribution in [1.82, 2.24) is 4.90 Å². The number of hydrogen-bond acceptors (Lipinski definition) is 2. The van der Waals surface area contributed by atoms with Crippen LogP contribution >= 0.6 is 23.2 Å². The predicted molar refractivity (Wildman–Crippen MR) is 97.3 cm³/mol. The van der Waals surface area contributed by atoms with Gasteiger partial charge in [0.15, 0.2) is 0 Å². The van der Waals surface area contributed by atoms with E-state index in [1.165, 1.54) is 6.07 Å². The lowest BCUT2D eigenvalue weighted by Crippen LogP contribution is -2.14. The first-order valence-corrected chi connectivity index (χ1v) is 7.93. The fourth-order valence-corrected chi connectivity index (χ4v) is 2.25. The first-order chi connectivity index (χ1) is 10.9. The molecule has 0 bridgehead atoms. The second kappa shape index (κ2) is 7.66. The molecule has 2 rings (SSSR count). The third kappa shape index (κ3) is 4.60. The second-order valence-electron chi connectivity index (χ2n) is 5.19. The molecular formula is C17H18Cl2FN3. The predicted octanol–water partition coefficient (Wildman–Crippen LogP) is 5.80. The first kappa shape index (κ1) is 17.6. The maximum absolute atomic E-state index is 13.9. The van der Waals surface area contributed by atoms with Crippen LogP contribution in [0.25, 0.3) is 0 Å². The molecule has 2 aromatic carbocycles. The largest absolute Gasteiger partial charge is 0.366 e. The third-order valence-electron chi connectivity index (χ3n) is 3.39. The van der Waals surface area contributed by atoms with Gasteiger partial charge < -0.3 is 10.2 Å². The molecule has 0 unspecified atom stereocenters. The monoisotopic (exact) mass is 353 g/mol. The van der Waals surface area contributed by atoms with Crippen molar-refractivity contribution in [2.45, 2.75) is 13.8 Å². The van der Waals surface area contributed by atoms with Crippen molar-refractivity contribution in [3.63, 3.8) is 0 Å². The molecule has 0 amide bonds. The lowest BCUT2D eigenvalue weighted by atomic mass is 10.1. The van der Waals surface area contributed by atoms with Crippen LogP contribution in [0.5, 0.6) is 0 Å². The molecule has 0 radical (unpaired) electrons. The molecule has 0 heterocycles. The van der Waals surface area contributed by atoms with Gasteiger partial charge in [-0.05, 0) is 49.7 Å². The summed E-state index contributed by atoms with van der Waals surface area (Å²) in [5.41, 5.74) is 2.65. The highest BCUT2D eigenvalue weighted by Gasteiger charge is 2.08. The highest BCUT2D eigenvalue weighted by atomic mass is 35.5. The number of anilines is 2. The molecule has 0 saturated carbocycles. The number of nitrogens with zero attached hydrogens (tertiary/aromatic N) is 2. The van der Waals surface area contributed by atoms with Crippen LogP contribution in [-0.2, 0) is 0 Å². The van der Waals surface area contributed by atoms with Gasteiger partial charge in [0.05, 0.1) is 22.7 Å². The Morgan fingerprint density at radius 3 is 2.61 bits per heavy atom. The molecule has 122 valence electrons. The molecular weight excluding hydrogens is 336 g/mol. The SMILES string of the molecule is CCN(C)/C=N\c1cc(C)c(Nc2ccc(Cl)cc2F)cc1Cl. The van der Waals surface area contributed by atoms with Crippen LogP contribution < -0.4 is 5.32 Å². The van der Waals surface area contributed by atoms with Crippen LogP contribution in [0.15, 0.2) is 35.3 Å². The second-order valence-corrected chi connectivity index (χ2v) is 6.03. The molecule has 0 fully saturated rings. The lowest BCUT2D eigenvalue weighted by Gasteiger charge is -2.13. The lowest BCUT2D eigenvalue weighted by molar-refractivity contribution is 0.552. The molecule has 0 atom stereocenters. The highest BCUT2D eigenvalue weighted by Crippen LogP contribution is 2.33. The third-order valence-corrected chi connectivity index (χ3v) is 3.92. The summed E-state index contributed by atoms with van der Waals surface area (Å²) in [4.78, 5) is 6.31. The Morgan fingerprint density at radius 2 is 1.96 bits per heavy atom. The Hall–Kier alpha value is -1.78. The van der Waals surface area contributed by atoms with Gasteiger partial charge in [0, 0.05) is 24.3 Å². The van der Waals surface area contributed by atoms with Crippen molar-refractivity contribution < 1.29 is 4.39 Å². The van der Waals surface area contributed by atoms with Crippen molar-refractivity contribution >= 4 is 46.6 Å². The van der Waals surface area contributed by atoms with Gasteiger partial charge in [-0.1, -0.05) is 23.2 Å². The quantitative estimate of drug-likeness (QED) is 0.543. The Morgan fingerprint density at radius 1 is 1.22 bits per heavy atom. The molecule has 3 nitrogen and oxygen atoms in total. The Bertz CT molecular complexity index is 732. The first-order valence-electron chi connectivity index (χ1n) is 7.17. The van der Waals surface area contributed by atoms with Crippen LogP contribution in [0.1, 0.15) is 12.5 Å². The molecule has 0 aromatic heterocycles. The minimum Gasteiger partial charge on any atom is -0.366 e. The smallest absolute Gasteiger partial charge is 0.148 e. The van der Waals surface area contributed by atoms with Crippen molar-refractivity contribution in [3.05, 3.63) is 51.8 Å². The summed E-state index contributed by atoms with van der Waals surface area (Å²) >= 11 is 12.0. The van der Waals surface area contributed by atoms with Gasteiger partial charge in [0.1, 0.15) is 5.82 Å². The summed E-state index contributed by atoms with van der Waals surface area (Å²) in [7, 11) is 1.93. The van der Waals surface area contributed by atoms with E-state index in [0.29, 0.717) is 21.4 Å². The fourth-order valence-electron chi connectivity index (χ4n) is 1.88. The standard InChI is InChI=1S/C17H18Cl2FN3/c1-4-23(3)10-21-17-7-11(2)16(9-13(17)19)22-15-6-5-12(18)8-14(15)20/h5-10,22H,4H2,1-3H3/b21-10-. The average Bonchev–Trinajstić information content (AvgIpc) is 2.51. The van der Waals surface area contributed by atoms with E-state index in [0.717, 1.165) is 17.8 Å². The summed E-state index contributed by atoms with van der Waals surface area (Å²) in [6, 6.07) is 8.08. The number of aryl methyl sites for hydroxylation is 1. The summed E-state index contributed by atoms with van der Waals surface area (Å²) in [6.07, 6.45) is 1.73. The number of benzene rings is 2. The minimum absolute atomic E-state index is 0.343. The molecule has 0 aliphatic rings. The van der Waals surface area contributed by atoms with Crippen molar-refractivity contribution in [3.8, 4) is 0 Å². The molecule has 6 heteroatoms. The molecule has 23 heavy (non-hydrogen) atoms. The van der Waals surface area contributed by atoms with E-state index < -0.39 is 5.82 Å². The van der Waals surface area contributed by atoms with Crippen LogP contribution in [0, 0.1) is 12.7 Å². The van der Waals surface area contributed by atoms with Crippen molar-refractivity contribution in [2.24, 2.45) is 4.99 Å². The van der Waals surface area contributed by atoms with E-state index in [1.54, 1.807) is 24.5 Å². The van der Waals surface area contributed by atoms with E-state index in [-0.39, 0.29) is 0 Å². The molecule has 0 aliphatic heterocycles. The molecule has 1 N–H and O–H groups in total. The normalized spacial score (nSPS) is 11.0.